The van der Waals surface area contributed by atoms with Crippen LogP contribution >= 0.6 is 12.2 Å². The van der Waals surface area contributed by atoms with Gasteiger partial charge in [0.05, 0.1) is 0 Å². The van der Waals surface area contributed by atoms with E-state index in [9.17, 15) is 0 Å². The van der Waals surface area contributed by atoms with Crippen molar-refractivity contribution in [2.45, 2.75) is 0 Å². The molecule has 0 aliphatic carbocycles. The molecule has 0 heterocycles. The van der Waals surface area contributed by atoms with Gasteiger partial charge in [-0.15, -0.1) is 6.61 Å². The van der Waals surface area contributed by atoms with E-state index in [0.717, 1.165) is 5.37 Å². The fraction of sp³-hybridized carbons (Fsp3) is 0.500. The SMILES string of the molecule is [Li+].[O-]CC=S. The molecule has 0 aliphatic rings. The summed E-state index contributed by atoms with van der Waals surface area (Å²) in [6.45, 7) is -0.241. The molecule has 0 aliphatic heterocycles. The number of hydrogen-bond donors (Lipinski definition) is 0. The topological polar surface area (TPSA) is 23.1 Å². The van der Waals surface area contributed by atoms with Crippen molar-refractivity contribution in [3.05, 3.63) is 0 Å². The summed E-state index contributed by atoms with van der Waals surface area (Å²) in [6.07, 6.45) is 0. The zero-order chi connectivity index (χ0) is 3.41. The first-order valence-electron chi connectivity index (χ1n) is 0.933. The maximum atomic E-state index is 9.14. The second kappa shape index (κ2) is 8.82. The van der Waals surface area contributed by atoms with E-state index in [2.05, 4.69) is 12.2 Å². The molecule has 1 nitrogen and oxygen atoms in total. The third kappa shape index (κ3) is 12.0. The Morgan fingerprint density at radius 2 is 2.00 bits per heavy atom. The average molecular weight is 82.1 g/mol. The van der Waals surface area contributed by atoms with E-state index in [0.29, 0.717) is 0 Å². The first kappa shape index (κ1) is 9.17. The molecule has 24 valence electrons. The van der Waals surface area contributed by atoms with E-state index in [1.807, 2.05) is 0 Å². The van der Waals surface area contributed by atoms with E-state index in [1.165, 1.54) is 0 Å². The van der Waals surface area contributed by atoms with Gasteiger partial charge in [-0.25, -0.2) is 0 Å². The van der Waals surface area contributed by atoms with Crippen LogP contribution < -0.4 is 24.0 Å². The fourth-order valence-corrected chi connectivity index (χ4v) is 0. The molecular weight excluding hydrogens is 79.0 g/mol. The quantitative estimate of drug-likeness (QED) is 0.240. The van der Waals surface area contributed by atoms with Crippen molar-refractivity contribution in [2.24, 2.45) is 0 Å². The van der Waals surface area contributed by atoms with E-state index in [1.54, 1.807) is 0 Å². The largest absolute Gasteiger partial charge is 1.00 e. The van der Waals surface area contributed by atoms with Crippen LogP contribution in [0, 0.1) is 0 Å². The Bertz CT molecular complexity index is 23.6. The second-order valence-corrected chi connectivity index (χ2v) is 0.667. The standard InChI is InChI=1S/C2H3OS.Li/c3-1-2-4;/h2H,1H2;/q-1;+1. The van der Waals surface area contributed by atoms with Crippen LogP contribution in [-0.4, -0.2) is 12.0 Å². The van der Waals surface area contributed by atoms with Crippen molar-refractivity contribution in [1.82, 2.24) is 0 Å². The predicted molar refractivity (Wildman–Crippen MR) is 18.5 cm³/mol. The molecule has 0 aromatic heterocycles. The van der Waals surface area contributed by atoms with E-state index in [-0.39, 0.29) is 25.5 Å². The molecule has 0 N–H and O–H groups in total. The molecule has 0 saturated heterocycles. The molecule has 0 bridgehead atoms. The van der Waals surface area contributed by atoms with Gasteiger partial charge in [-0.05, 0) is 5.37 Å². The minimum absolute atomic E-state index is 0. The van der Waals surface area contributed by atoms with Gasteiger partial charge in [0.25, 0.3) is 0 Å². The molecule has 0 spiro atoms. The van der Waals surface area contributed by atoms with Gasteiger partial charge in [-0.1, -0.05) is 12.2 Å². The maximum absolute atomic E-state index is 9.14. The van der Waals surface area contributed by atoms with E-state index >= 15 is 0 Å². The minimum Gasteiger partial charge on any atom is -0.851 e. The van der Waals surface area contributed by atoms with Gasteiger partial charge in [0.15, 0.2) is 0 Å². The summed E-state index contributed by atoms with van der Waals surface area (Å²) in [5.41, 5.74) is 0. The maximum Gasteiger partial charge on any atom is 1.00 e. The summed E-state index contributed by atoms with van der Waals surface area (Å²) in [5.74, 6) is 0. The Labute approximate surface area is 48.6 Å². The Kier molecular flexibility index (Phi) is 16.2. The molecule has 0 atom stereocenters. The summed E-state index contributed by atoms with van der Waals surface area (Å²) in [7, 11) is 0. The zero-order valence-electron chi connectivity index (χ0n) is 3.10. The summed E-state index contributed by atoms with van der Waals surface area (Å²) < 4.78 is 0. The Hall–Kier alpha value is 0.647. The third-order valence-electron chi connectivity index (χ3n) is 0.0680. The molecule has 5 heavy (non-hydrogen) atoms. The Morgan fingerprint density at radius 1 is 1.80 bits per heavy atom. The van der Waals surface area contributed by atoms with Crippen molar-refractivity contribution < 1.29 is 24.0 Å². The average Bonchev–Trinajstić information content (AvgIpc) is 1.37. The van der Waals surface area contributed by atoms with Gasteiger partial charge < -0.3 is 5.11 Å². The Morgan fingerprint density at radius 3 is 2.00 bits per heavy atom. The Balaban J connectivity index is 0. The van der Waals surface area contributed by atoms with Crippen molar-refractivity contribution in [3.8, 4) is 0 Å². The van der Waals surface area contributed by atoms with Gasteiger partial charge in [-0.2, -0.15) is 0 Å². The zero-order valence-corrected chi connectivity index (χ0v) is 3.92. The van der Waals surface area contributed by atoms with Gasteiger partial charge in [-0.3, -0.25) is 0 Å². The van der Waals surface area contributed by atoms with Gasteiger partial charge >= 0.3 is 18.9 Å². The third-order valence-corrected chi connectivity index (χ3v) is 0.204. The first-order chi connectivity index (χ1) is 1.91. The van der Waals surface area contributed by atoms with Crippen LogP contribution in [0.2, 0.25) is 0 Å². The smallest absolute Gasteiger partial charge is 0.851 e. The van der Waals surface area contributed by atoms with Crippen molar-refractivity contribution in [2.75, 3.05) is 6.61 Å². The molecule has 0 aromatic rings. The molecule has 0 saturated carbocycles. The van der Waals surface area contributed by atoms with Crippen LogP contribution in [-0.2, 0) is 0 Å². The monoisotopic (exact) mass is 82.0 g/mol. The first-order valence-corrected chi connectivity index (χ1v) is 1.40. The van der Waals surface area contributed by atoms with Crippen LogP contribution in [0.15, 0.2) is 0 Å². The fourth-order valence-electron chi connectivity index (χ4n) is 0. The summed E-state index contributed by atoms with van der Waals surface area (Å²) in [6, 6.07) is 0. The van der Waals surface area contributed by atoms with Gasteiger partial charge in [0.2, 0.25) is 0 Å². The molecule has 0 fully saturated rings. The molecule has 0 rings (SSSR count). The summed E-state index contributed by atoms with van der Waals surface area (Å²) >= 11 is 4.12. The summed E-state index contributed by atoms with van der Waals surface area (Å²) in [4.78, 5) is 0. The van der Waals surface area contributed by atoms with Crippen LogP contribution in [0.25, 0.3) is 0 Å². The van der Waals surface area contributed by atoms with Crippen molar-refractivity contribution in [1.29, 1.82) is 0 Å². The molecular formula is C2H3LiOS. The van der Waals surface area contributed by atoms with E-state index < -0.39 is 0 Å². The van der Waals surface area contributed by atoms with Crippen molar-refractivity contribution >= 4 is 17.6 Å². The number of rotatable bonds is 1. The molecule has 0 amide bonds. The number of hydrogen-bond acceptors (Lipinski definition) is 2. The predicted octanol–water partition coefficient (Wildman–Crippen LogP) is -3.65. The minimum atomic E-state index is -0.241. The molecule has 0 unspecified atom stereocenters. The van der Waals surface area contributed by atoms with Gasteiger partial charge in [0.1, 0.15) is 0 Å². The summed E-state index contributed by atoms with van der Waals surface area (Å²) in [5, 5.41) is 10.3. The van der Waals surface area contributed by atoms with Gasteiger partial charge in [0, 0.05) is 0 Å². The molecule has 0 radical (unpaired) electrons. The van der Waals surface area contributed by atoms with Crippen molar-refractivity contribution in [3.63, 3.8) is 0 Å². The molecule has 3 heteroatoms. The van der Waals surface area contributed by atoms with E-state index in [4.69, 9.17) is 5.11 Å². The van der Waals surface area contributed by atoms with Crippen LogP contribution in [0.3, 0.4) is 0 Å². The van der Waals surface area contributed by atoms with Crippen LogP contribution in [0.5, 0.6) is 0 Å². The normalized spacial score (nSPS) is 5.00. The van der Waals surface area contributed by atoms with Crippen LogP contribution in [0.4, 0.5) is 0 Å². The van der Waals surface area contributed by atoms with Crippen LogP contribution in [0.1, 0.15) is 0 Å². The molecule has 0 aromatic carbocycles. The second-order valence-electron chi connectivity index (χ2n) is 0.333. The number of thiocarbonyl (C=S) groups is 1.